The highest BCUT2D eigenvalue weighted by Gasteiger charge is 2.13. The van der Waals surface area contributed by atoms with E-state index in [9.17, 15) is 0 Å². The summed E-state index contributed by atoms with van der Waals surface area (Å²) in [6.07, 6.45) is 5.02. The van der Waals surface area contributed by atoms with Crippen molar-refractivity contribution in [3.05, 3.63) is 34.9 Å². The number of benzene rings is 1. The van der Waals surface area contributed by atoms with Crippen LogP contribution in [0.1, 0.15) is 24.8 Å². The van der Waals surface area contributed by atoms with E-state index >= 15 is 0 Å². The van der Waals surface area contributed by atoms with E-state index in [-0.39, 0.29) is 0 Å². The summed E-state index contributed by atoms with van der Waals surface area (Å²) in [5.74, 6) is 0. The summed E-state index contributed by atoms with van der Waals surface area (Å²) in [6, 6.07) is 8.77. The molecule has 1 aliphatic rings. The van der Waals surface area contributed by atoms with Crippen molar-refractivity contribution in [1.82, 2.24) is 5.32 Å². The lowest BCUT2D eigenvalue weighted by Gasteiger charge is -2.23. The Morgan fingerprint density at radius 3 is 2.86 bits per heavy atom. The third kappa shape index (κ3) is 2.49. The summed E-state index contributed by atoms with van der Waals surface area (Å²) in [7, 11) is 0. The van der Waals surface area contributed by atoms with Gasteiger partial charge in [0.05, 0.1) is 0 Å². The molecule has 0 unspecified atom stereocenters. The second-order valence-electron chi connectivity index (χ2n) is 3.94. The topological polar surface area (TPSA) is 12.0 Å². The smallest absolute Gasteiger partial charge is 0.0438 e. The SMILES string of the molecule is Clc1ccccc1C[C@H]1CCCCN1. The minimum atomic E-state index is 0.628. The lowest BCUT2D eigenvalue weighted by Crippen LogP contribution is -2.35. The third-order valence-electron chi connectivity index (χ3n) is 2.84. The lowest BCUT2D eigenvalue weighted by atomic mass is 9.98. The molecule has 76 valence electrons. The number of hydrogen-bond acceptors (Lipinski definition) is 1. The standard InChI is InChI=1S/C12H16ClN/c13-12-7-2-1-5-10(12)9-11-6-3-4-8-14-11/h1-2,5,7,11,14H,3-4,6,8-9H2/t11-/m1/s1. The summed E-state index contributed by atoms with van der Waals surface area (Å²) in [4.78, 5) is 0. The predicted octanol–water partition coefficient (Wildman–Crippen LogP) is 3.02. The molecular formula is C12H16ClN. The highest BCUT2D eigenvalue weighted by molar-refractivity contribution is 6.31. The molecule has 0 aromatic heterocycles. The Balaban J connectivity index is 1.99. The van der Waals surface area contributed by atoms with Crippen LogP contribution < -0.4 is 5.32 Å². The molecule has 1 fully saturated rings. The first-order valence-electron chi connectivity index (χ1n) is 5.33. The summed E-state index contributed by atoms with van der Waals surface area (Å²) in [6.45, 7) is 1.16. The molecule has 1 nitrogen and oxygen atoms in total. The molecule has 1 atom stereocenters. The highest BCUT2D eigenvalue weighted by Crippen LogP contribution is 2.19. The fraction of sp³-hybridized carbons (Fsp3) is 0.500. The Morgan fingerprint density at radius 2 is 2.14 bits per heavy atom. The van der Waals surface area contributed by atoms with E-state index in [2.05, 4.69) is 17.4 Å². The molecule has 0 aliphatic carbocycles. The lowest BCUT2D eigenvalue weighted by molar-refractivity contribution is 0.399. The van der Waals surface area contributed by atoms with Crippen LogP contribution in [0.4, 0.5) is 0 Å². The van der Waals surface area contributed by atoms with E-state index in [1.54, 1.807) is 0 Å². The molecule has 0 saturated carbocycles. The number of rotatable bonds is 2. The van der Waals surface area contributed by atoms with Gasteiger partial charge in [-0.15, -0.1) is 0 Å². The Kier molecular flexibility index (Phi) is 3.44. The van der Waals surface area contributed by atoms with E-state index in [1.165, 1.54) is 24.8 Å². The number of nitrogens with one attached hydrogen (secondary N) is 1. The third-order valence-corrected chi connectivity index (χ3v) is 3.21. The predicted molar refractivity (Wildman–Crippen MR) is 60.8 cm³/mol. The van der Waals surface area contributed by atoms with Crippen molar-refractivity contribution >= 4 is 11.6 Å². The van der Waals surface area contributed by atoms with Gasteiger partial charge in [0.2, 0.25) is 0 Å². The van der Waals surface area contributed by atoms with Crippen molar-refractivity contribution < 1.29 is 0 Å². The molecule has 14 heavy (non-hydrogen) atoms. The Hall–Kier alpha value is -0.530. The Morgan fingerprint density at radius 1 is 1.29 bits per heavy atom. The maximum absolute atomic E-state index is 6.12. The van der Waals surface area contributed by atoms with Crippen molar-refractivity contribution in [1.29, 1.82) is 0 Å². The number of hydrogen-bond donors (Lipinski definition) is 1. The van der Waals surface area contributed by atoms with Gasteiger partial charge < -0.3 is 5.32 Å². The van der Waals surface area contributed by atoms with Gasteiger partial charge in [0.15, 0.2) is 0 Å². The molecular weight excluding hydrogens is 194 g/mol. The monoisotopic (exact) mass is 209 g/mol. The van der Waals surface area contributed by atoms with Crippen molar-refractivity contribution in [2.75, 3.05) is 6.54 Å². The van der Waals surface area contributed by atoms with Crippen LogP contribution in [0.3, 0.4) is 0 Å². The van der Waals surface area contributed by atoms with Crippen LogP contribution in [-0.2, 0) is 6.42 Å². The van der Waals surface area contributed by atoms with Gasteiger partial charge >= 0.3 is 0 Å². The van der Waals surface area contributed by atoms with Crippen LogP contribution >= 0.6 is 11.6 Å². The van der Waals surface area contributed by atoms with Gasteiger partial charge in [0.1, 0.15) is 0 Å². The summed E-state index contributed by atoms with van der Waals surface area (Å²) in [5.41, 5.74) is 1.27. The second kappa shape index (κ2) is 4.81. The van der Waals surface area contributed by atoms with Gasteiger partial charge in [0.25, 0.3) is 0 Å². The Labute approximate surface area is 90.5 Å². The first kappa shape index (κ1) is 10.0. The molecule has 1 aliphatic heterocycles. The average molecular weight is 210 g/mol. The number of piperidine rings is 1. The zero-order valence-corrected chi connectivity index (χ0v) is 9.06. The van der Waals surface area contributed by atoms with Crippen molar-refractivity contribution in [3.8, 4) is 0 Å². The summed E-state index contributed by atoms with van der Waals surface area (Å²) >= 11 is 6.12. The largest absolute Gasteiger partial charge is 0.314 e. The van der Waals surface area contributed by atoms with Crippen molar-refractivity contribution in [2.24, 2.45) is 0 Å². The second-order valence-corrected chi connectivity index (χ2v) is 4.35. The quantitative estimate of drug-likeness (QED) is 0.790. The van der Waals surface area contributed by atoms with Crippen LogP contribution in [0.25, 0.3) is 0 Å². The van der Waals surface area contributed by atoms with E-state index in [0.717, 1.165) is 18.0 Å². The zero-order valence-electron chi connectivity index (χ0n) is 8.30. The average Bonchev–Trinajstić information content (AvgIpc) is 2.23. The molecule has 0 spiro atoms. The zero-order chi connectivity index (χ0) is 9.80. The van der Waals surface area contributed by atoms with Gasteiger partial charge in [0, 0.05) is 11.1 Å². The van der Waals surface area contributed by atoms with Gasteiger partial charge in [-0.2, -0.15) is 0 Å². The van der Waals surface area contributed by atoms with E-state index in [0.29, 0.717) is 6.04 Å². The normalized spacial score (nSPS) is 22.2. The molecule has 0 bridgehead atoms. The van der Waals surface area contributed by atoms with Crippen molar-refractivity contribution in [2.45, 2.75) is 31.7 Å². The molecule has 1 aromatic carbocycles. The molecule has 1 aromatic rings. The summed E-state index contributed by atoms with van der Waals surface area (Å²) in [5, 5.41) is 4.44. The minimum absolute atomic E-state index is 0.628. The first-order valence-corrected chi connectivity index (χ1v) is 5.71. The maximum atomic E-state index is 6.12. The number of halogens is 1. The fourth-order valence-electron chi connectivity index (χ4n) is 2.03. The molecule has 2 heteroatoms. The first-order chi connectivity index (χ1) is 6.86. The minimum Gasteiger partial charge on any atom is -0.314 e. The van der Waals surface area contributed by atoms with Gasteiger partial charge in [-0.3, -0.25) is 0 Å². The van der Waals surface area contributed by atoms with E-state index < -0.39 is 0 Å². The Bertz CT molecular complexity index is 292. The van der Waals surface area contributed by atoms with Crippen LogP contribution in [0.2, 0.25) is 5.02 Å². The summed E-state index contributed by atoms with van der Waals surface area (Å²) < 4.78 is 0. The van der Waals surface area contributed by atoms with Crippen LogP contribution in [0, 0.1) is 0 Å². The van der Waals surface area contributed by atoms with Gasteiger partial charge in [-0.05, 0) is 37.4 Å². The van der Waals surface area contributed by atoms with Gasteiger partial charge in [-0.1, -0.05) is 36.2 Å². The van der Waals surface area contributed by atoms with E-state index in [1.807, 2.05) is 12.1 Å². The van der Waals surface area contributed by atoms with Crippen LogP contribution in [0.15, 0.2) is 24.3 Å². The van der Waals surface area contributed by atoms with E-state index in [4.69, 9.17) is 11.6 Å². The van der Waals surface area contributed by atoms with Crippen LogP contribution in [-0.4, -0.2) is 12.6 Å². The highest BCUT2D eigenvalue weighted by atomic mass is 35.5. The molecule has 1 heterocycles. The molecule has 0 amide bonds. The van der Waals surface area contributed by atoms with Crippen molar-refractivity contribution in [3.63, 3.8) is 0 Å². The fourth-order valence-corrected chi connectivity index (χ4v) is 2.24. The molecule has 0 radical (unpaired) electrons. The molecule has 2 rings (SSSR count). The van der Waals surface area contributed by atoms with Crippen LogP contribution in [0.5, 0.6) is 0 Å². The maximum Gasteiger partial charge on any atom is 0.0438 e. The molecule has 1 saturated heterocycles. The van der Waals surface area contributed by atoms with Gasteiger partial charge in [-0.25, -0.2) is 0 Å². The molecule has 1 N–H and O–H groups in total.